The topological polar surface area (TPSA) is 52.9 Å². The van der Waals surface area contributed by atoms with Crippen LogP contribution in [0.1, 0.15) is 57.8 Å². The first kappa shape index (κ1) is 23.5. The van der Waals surface area contributed by atoms with E-state index in [4.69, 9.17) is 4.74 Å². The van der Waals surface area contributed by atoms with Crippen LogP contribution in [0.3, 0.4) is 0 Å². The number of hydrogen-bond acceptors (Lipinski definition) is 4. The van der Waals surface area contributed by atoms with Gasteiger partial charge in [0.2, 0.25) is 0 Å². The van der Waals surface area contributed by atoms with Crippen molar-refractivity contribution in [1.29, 1.82) is 0 Å². The van der Waals surface area contributed by atoms with E-state index in [1.165, 1.54) is 64.6 Å². The Morgan fingerprint density at radius 2 is 1.88 bits per heavy atom. The highest BCUT2D eigenvalue weighted by atomic mass is 16.5. The molecule has 1 aromatic rings. The van der Waals surface area contributed by atoms with Crippen molar-refractivity contribution in [2.24, 2.45) is 17.8 Å². The van der Waals surface area contributed by atoms with Crippen LogP contribution in [0.4, 0.5) is 0 Å². The van der Waals surface area contributed by atoms with Gasteiger partial charge in [0.25, 0.3) is 0 Å². The molecule has 4 heteroatoms. The lowest BCUT2D eigenvalue weighted by Gasteiger charge is -2.26. The highest BCUT2D eigenvalue weighted by molar-refractivity contribution is 5.22. The van der Waals surface area contributed by atoms with Crippen LogP contribution in [0.2, 0.25) is 0 Å². The van der Waals surface area contributed by atoms with Gasteiger partial charge in [0.15, 0.2) is 0 Å². The Morgan fingerprint density at radius 1 is 1.06 bits per heavy atom. The number of para-hydroxylation sites is 1. The van der Waals surface area contributed by atoms with Gasteiger partial charge in [-0.25, -0.2) is 0 Å². The van der Waals surface area contributed by atoms with E-state index >= 15 is 0 Å². The summed E-state index contributed by atoms with van der Waals surface area (Å²) in [6, 6.07) is 9.57. The van der Waals surface area contributed by atoms with Crippen molar-refractivity contribution < 1.29 is 14.9 Å². The third-order valence-corrected chi connectivity index (χ3v) is 7.59. The Labute approximate surface area is 194 Å². The number of allylic oxidation sites excluding steroid dienone is 2. The van der Waals surface area contributed by atoms with Crippen molar-refractivity contribution in [3.05, 3.63) is 54.1 Å². The first-order chi connectivity index (χ1) is 15.7. The molecule has 176 valence electrons. The average Bonchev–Trinajstić information content (AvgIpc) is 3.33. The molecule has 2 fully saturated rings. The largest absolute Gasteiger partial charge is 0.491 e. The maximum Gasteiger partial charge on any atom is 0.119 e. The van der Waals surface area contributed by atoms with E-state index < -0.39 is 6.10 Å². The van der Waals surface area contributed by atoms with Gasteiger partial charge >= 0.3 is 0 Å². The van der Waals surface area contributed by atoms with Crippen LogP contribution in [0.15, 0.2) is 54.1 Å². The van der Waals surface area contributed by atoms with Crippen molar-refractivity contribution in [2.45, 2.75) is 70.0 Å². The predicted molar refractivity (Wildman–Crippen MR) is 130 cm³/mol. The number of likely N-dealkylation sites (tertiary alicyclic amines) is 1. The second-order valence-electron chi connectivity index (χ2n) is 10.0. The maximum absolute atomic E-state index is 10.6. The number of fused-ring (bicyclic) bond motifs is 1. The molecule has 0 bridgehead atoms. The molecular formula is C28H41NO3. The van der Waals surface area contributed by atoms with Crippen LogP contribution < -0.4 is 4.74 Å². The van der Waals surface area contributed by atoms with Gasteiger partial charge < -0.3 is 19.8 Å². The molecule has 1 saturated heterocycles. The van der Waals surface area contributed by atoms with E-state index in [0.29, 0.717) is 11.8 Å². The number of unbranched alkanes of at least 4 members (excludes halogenated alkanes) is 2. The third-order valence-electron chi connectivity index (χ3n) is 7.59. The van der Waals surface area contributed by atoms with Crippen molar-refractivity contribution in [3.63, 3.8) is 0 Å². The van der Waals surface area contributed by atoms with Crippen LogP contribution in [0.5, 0.6) is 5.75 Å². The second kappa shape index (κ2) is 12.0. The number of piperidine rings is 1. The zero-order chi connectivity index (χ0) is 22.2. The van der Waals surface area contributed by atoms with Crippen molar-refractivity contribution in [2.75, 3.05) is 26.2 Å². The van der Waals surface area contributed by atoms with Gasteiger partial charge in [-0.3, -0.25) is 0 Å². The third kappa shape index (κ3) is 6.69. The molecule has 1 aromatic carbocycles. The zero-order valence-corrected chi connectivity index (χ0v) is 19.4. The van der Waals surface area contributed by atoms with Crippen LogP contribution >= 0.6 is 0 Å². The van der Waals surface area contributed by atoms with Crippen molar-refractivity contribution in [3.8, 4) is 5.75 Å². The summed E-state index contributed by atoms with van der Waals surface area (Å²) in [6.07, 6.45) is 16.7. The zero-order valence-electron chi connectivity index (χ0n) is 19.4. The lowest BCUT2D eigenvalue weighted by molar-refractivity contribution is 0.133. The van der Waals surface area contributed by atoms with Gasteiger partial charge in [-0.05, 0) is 88.5 Å². The molecule has 1 saturated carbocycles. The summed E-state index contributed by atoms with van der Waals surface area (Å²) < 4.78 is 5.64. The minimum absolute atomic E-state index is 0.138. The summed E-state index contributed by atoms with van der Waals surface area (Å²) in [7, 11) is 0. The SMILES string of the molecule is O[C@H](/C=C/[C@@H]1[C@H]2CC(CCCCCN3CCCCC3)=C[C@H]2C[C@H]1O)COc1ccccc1. The number of rotatable bonds is 11. The van der Waals surface area contributed by atoms with Crippen LogP contribution in [-0.4, -0.2) is 53.6 Å². The van der Waals surface area contributed by atoms with Crippen LogP contribution in [0.25, 0.3) is 0 Å². The molecule has 4 nitrogen and oxygen atoms in total. The summed E-state index contributed by atoms with van der Waals surface area (Å²) in [5.74, 6) is 1.90. The number of aliphatic hydroxyl groups is 2. The molecule has 4 rings (SSSR count). The van der Waals surface area contributed by atoms with Crippen LogP contribution in [0, 0.1) is 17.8 Å². The molecule has 1 aliphatic heterocycles. The fourth-order valence-corrected chi connectivity index (χ4v) is 5.85. The molecule has 0 spiro atoms. The van der Waals surface area contributed by atoms with Crippen LogP contribution in [-0.2, 0) is 0 Å². The molecule has 0 amide bonds. The van der Waals surface area contributed by atoms with Gasteiger partial charge in [-0.2, -0.15) is 0 Å². The molecule has 2 N–H and O–H groups in total. The molecule has 0 unspecified atom stereocenters. The summed E-state index contributed by atoms with van der Waals surface area (Å²) in [4.78, 5) is 2.64. The fraction of sp³-hybridized carbons (Fsp3) is 0.643. The van der Waals surface area contributed by atoms with Gasteiger partial charge in [0, 0.05) is 5.92 Å². The molecule has 3 aliphatic rings. The first-order valence-electron chi connectivity index (χ1n) is 12.8. The summed E-state index contributed by atoms with van der Waals surface area (Å²) in [5, 5.41) is 20.9. The standard InChI is InChI=1S/C28H41NO3/c30-24(21-32-25-11-5-1-6-12-25)13-14-26-27-19-22(18-23(27)20-28(26)31)10-4-2-7-15-29-16-8-3-9-17-29/h1,5-6,11-14,18,23-24,26-28,30-31H,2-4,7-10,15-17,19-21H2/b14-13+/t23-,24+,26+,27-,28+/m0/s1. The van der Waals surface area contributed by atoms with E-state index in [2.05, 4.69) is 11.0 Å². The Morgan fingerprint density at radius 3 is 2.69 bits per heavy atom. The molecule has 1 heterocycles. The molecule has 2 aliphatic carbocycles. The average molecular weight is 440 g/mol. The number of hydrogen-bond donors (Lipinski definition) is 2. The lowest BCUT2D eigenvalue weighted by atomic mass is 9.88. The highest BCUT2D eigenvalue weighted by Gasteiger charge is 2.43. The van der Waals surface area contributed by atoms with E-state index in [1.807, 2.05) is 42.5 Å². The summed E-state index contributed by atoms with van der Waals surface area (Å²) in [5.41, 5.74) is 1.59. The lowest BCUT2D eigenvalue weighted by Crippen LogP contribution is -2.30. The van der Waals surface area contributed by atoms with E-state index in [1.54, 1.807) is 5.57 Å². The Bertz CT molecular complexity index is 740. The number of benzene rings is 1. The Hall–Kier alpha value is -1.62. The first-order valence-corrected chi connectivity index (χ1v) is 12.8. The molecular weight excluding hydrogens is 398 g/mol. The van der Waals surface area contributed by atoms with Crippen molar-refractivity contribution in [1.82, 2.24) is 4.90 Å². The molecule has 5 atom stereocenters. The molecule has 0 aromatic heterocycles. The smallest absolute Gasteiger partial charge is 0.119 e. The Balaban J connectivity index is 1.16. The van der Waals surface area contributed by atoms with E-state index in [0.717, 1.165) is 18.6 Å². The highest BCUT2D eigenvalue weighted by Crippen LogP contribution is 2.48. The fourth-order valence-electron chi connectivity index (χ4n) is 5.85. The number of nitrogens with zero attached hydrogens (tertiary/aromatic N) is 1. The minimum Gasteiger partial charge on any atom is -0.491 e. The summed E-state index contributed by atoms with van der Waals surface area (Å²) in [6.45, 7) is 4.12. The second-order valence-corrected chi connectivity index (χ2v) is 10.0. The minimum atomic E-state index is -0.657. The predicted octanol–water partition coefficient (Wildman–Crippen LogP) is 4.97. The van der Waals surface area contributed by atoms with E-state index in [-0.39, 0.29) is 18.6 Å². The quantitative estimate of drug-likeness (QED) is 0.377. The number of aliphatic hydroxyl groups excluding tert-OH is 2. The number of ether oxygens (including phenoxy) is 1. The van der Waals surface area contributed by atoms with Gasteiger partial charge in [-0.15, -0.1) is 0 Å². The monoisotopic (exact) mass is 439 g/mol. The normalized spacial score (nSPS) is 29.2. The Kier molecular flexibility index (Phi) is 8.84. The molecule has 0 radical (unpaired) electrons. The van der Waals surface area contributed by atoms with E-state index in [9.17, 15) is 10.2 Å². The van der Waals surface area contributed by atoms with Crippen molar-refractivity contribution >= 4 is 0 Å². The van der Waals surface area contributed by atoms with Gasteiger partial charge in [0.1, 0.15) is 18.5 Å². The van der Waals surface area contributed by atoms with Gasteiger partial charge in [-0.1, -0.05) is 54.8 Å². The summed E-state index contributed by atoms with van der Waals surface area (Å²) >= 11 is 0. The maximum atomic E-state index is 10.6. The molecule has 32 heavy (non-hydrogen) atoms. The van der Waals surface area contributed by atoms with Gasteiger partial charge in [0.05, 0.1) is 6.10 Å².